The Hall–Kier alpha value is -2.44. The van der Waals surface area contributed by atoms with Crippen LogP contribution in [0.15, 0.2) is 24.3 Å². The lowest BCUT2D eigenvalue weighted by molar-refractivity contribution is -0.384. The highest BCUT2D eigenvalue weighted by Gasteiger charge is 2.40. The van der Waals surface area contributed by atoms with Crippen molar-refractivity contribution >= 4 is 17.6 Å². The normalized spacial score (nSPS) is 11.2. The van der Waals surface area contributed by atoms with E-state index in [0.29, 0.717) is 5.92 Å². The van der Waals surface area contributed by atoms with Gasteiger partial charge in [-0.2, -0.15) is 0 Å². The number of nitro groups is 1. The van der Waals surface area contributed by atoms with Gasteiger partial charge in [-0.05, 0) is 38.7 Å². The van der Waals surface area contributed by atoms with Gasteiger partial charge in [0.2, 0.25) is 0 Å². The molecule has 0 amide bonds. The van der Waals surface area contributed by atoms with Gasteiger partial charge in [0.1, 0.15) is 5.75 Å². The Morgan fingerprint density at radius 1 is 1.25 bits per heavy atom. The van der Waals surface area contributed by atoms with Gasteiger partial charge < -0.3 is 9.47 Å². The smallest absolute Gasteiger partial charge is 0.328 e. The molecule has 0 unspecified atom stereocenters. The minimum atomic E-state index is -1.50. The van der Waals surface area contributed by atoms with E-state index in [-0.39, 0.29) is 18.0 Å². The first-order valence-electron chi connectivity index (χ1n) is 7.78. The molecule has 0 fully saturated rings. The number of nitro benzene ring substituents is 1. The van der Waals surface area contributed by atoms with Crippen LogP contribution < -0.4 is 4.74 Å². The fourth-order valence-electron chi connectivity index (χ4n) is 1.82. The number of rotatable bonds is 8. The van der Waals surface area contributed by atoms with Crippen molar-refractivity contribution in [3.05, 3.63) is 34.4 Å². The van der Waals surface area contributed by atoms with Gasteiger partial charge in [-0.15, -0.1) is 0 Å². The summed E-state index contributed by atoms with van der Waals surface area (Å²) in [4.78, 5) is 34.4. The largest absolute Gasteiger partial charge is 0.465 e. The molecule has 0 heterocycles. The van der Waals surface area contributed by atoms with Gasteiger partial charge in [0.05, 0.1) is 17.6 Å². The molecular weight excluding hydrogens is 314 g/mol. The second-order valence-electron chi connectivity index (χ2n) is 6.44. The SMILES string of the molecule is CC(C)CCCOC(=O)C(C)(C)C(=O)Oc1cccc([N+](=O)[O-])c1. The Kier molecular flexibility index (Phi) is 6.88. The quantitative estimate of drug-likeness (QED) is 0.180. The van der Waals surface area contributed by atoms with Crippen LogP contribution in [0.25, 0.3) is 0 Å². The number of benzene rings is 1. The average Bonchev–Trinajstić information content (AvgIpc) is 2.51. The molecule has 7 nitrogen and oxygen atoms in total. The molecule has 0 atom stereocenters. The summed E-state index contributed by atoms with van der Waals surface area (Å²) in [6.07, 6.45) is 1.64. The second kappa shape index (κ2) is 8.42. The van der Waals surface area contributed by atoms with E-state index in [1.807, 2.05) is 0 Å². The predicted molar refractivity (Wildman–Crippen MR) is 87.5 cm³/mol. The molecule has 0 saturated heterocycles. The fraction of sp³-hybridized carbons (Fsp3) is 0.529. The zero-order valence-corrected chi connectivity index (χ0v) is 14.4. The summed E-state index contributed by atoms with van der Waals surface area (Å²) in [5.41, 5.74) is -1.70. The Labute approximate surface area is 141 Å². The van der Waals surface area contributed by atoms with E-state index in [0.717, 1.165) is 18.9 Å². The standard InChI is InChI=1S/C17H23NO6/c1-12(2)7-6-10-23-15(19)17(3,4)16(20)24-14-9-5-8-13(11-14)18(21)22/h5,8-9,11-12H,6-7,10H2,1-4H3. The van der Waals surface area contributed by atoms with Gasteiger partial charge in [-0.3, -0.25) is 19.7 Å². The Bertz CT molecular complexity index is 609. The maximum Gasteiger partial charge on any atom is 0.328 e. The molecule has 0 aliphatic rings. The molecule has 0 spiro atoms. The maximum absolute atomic E-state index is 12.2. The van der Waals surface area contributed by atoms with Gasteiger partial charge in [0, 0.05) is 6.07 Å². The van der Waals surface area contributed by atoms with E-state index in [2.05, 4.69) is 13.8 Å². The number of ether oxygens (including phenoxy) is 2. The van der Waals surface area contributed by atoms with Crippen LogP contribution in [-0.4, -0.2) is 23.5 Å². The van der Waals surface area contributed by atoms with Crippen molar-refractivity contribution in [3.8, 4) is 5.75 Å². The van der Waals surface area contributed by atoms with Crippen LogP contribution in [0.3, 0.4) is 0 Å². The van der Waals surface area contributed by atoms with Gasteiger partial charge in [0.25, 0.3) is 5.69 Å². The lowest BCUT2D eigenvalue weighted by atomic mass is 9.94. The molecule has 0 aliphatic carbocycles. The number of carbonyl (C=O) groups excluding carboxylic acids is 2. The van der Waals surface area contributed by atoms with E-state index in [1.165, 1.54) is 32.0 Å². The maximum atomic E-state index is 12.2. The number of nitrogens with zero attached hydrogens (tertiary/aromatic N) is 1. The number of hydrogen-bond donors (Lipinski definition) is 0. The van der Waals surface area contributed by atoms with Crippen LogP contribution >= 0.6 is 0 Å². The van der Waals surface area contributed by atoms with Crippen LogP contribution in [0.2, 0.25) is 0 Å². The highest BCUT2D eigenvalue weighted by atomic mass is 16.6. The van der Waals surface area contributed by atoms with Crippen molar-refractivity contribution in [1.29, 1.82) is 0 Å². The summed E-state index contributed by atoms with van der Waals surface area (Å²) >= 11 is 0. The molecule has 1 aromatic rings. The lowest BCUT2D eigenvalue weighted by Gasteiger charge is -2.20. The Balaban J connectivity index is 2.65. The van der Waals surface area contributed by atoms with Crippen molar-refractivity contribution in [2.75, 3.05) is 6.61 Å². The zero-order chi connectivity index (χ0) is 18.3. The summed E-state index contributed by atoms with van der Waals surface area (Å²) < 4.78 is 10.2. The lowest BCUT2D eigenvalue weighted by Crippen LogP contribution is -2.38. The number of hydrogen-bond acceptors (Lipinski definition) is 6. The molecule has 0 aliphatic heterocycles. The minimum absolute atomic E-state index is 0.00915. The molecule has 132 valence electrons. The molecular formula is C17H23NO6. The number of carbonyl (C=O) groups is 2. The first-order chi connectivity index (χ1) is 11.1. The third-order valence-electron chi connectivity index (χ3n) is 3.42. The molecule has 1 aromatic carbocycles. The average molecular weight is 337 g/mol. The topological polar surface area (TPSA) is 95.7 Å². The summed E-state index contributed by atoms with van der Waals surface area (Å²) in [6, 6.07) is 5.22. The predicted octanol–water partition coefficient (Wildman–Crippen LogP) is 3.51. The summed E-state index contributed by atoms with van der Waals surface area (Å²) in [7, 11) is 0. The zero-order valence-electron chi connectivity index (χ0n) is 14.4. The van der Waals surface area contributed by atoms with Crippen LogP contribution in [0.4, 0.5) is 5.69 Å². The van der Waals surface area contributed by atoms with Crippen molar-refractivity contribution in [2.45, 2.75) is 40.5 Å². The van der Waals surface area contributed by atoms with E-state index >= 15 is 0 Å². The van der Waals surface area contributed by atoms with E-state index in [4.69, 9.17) is 9.47 Å². The van der Waals surface area contributed by atoms with Crippen LogP contribution in [-0.2, 0) is 14.3 Å². The van der Waals surface area contributed by atoms with Crippen molar-refractivity contribution in [2.24, 2.45) is 11.3 Å². The molecule has 0 saturated carbocycles. The molecule has 24 heavy (non-hydrogen) atoms. The Morgan fingerprint density at radius 2 is 1.92 bits per heavy atom. The highest BCUT2D eigenvalue weighted by molar-refractivity contribution is 5.99. The summed E-state index contributed by atoms with van der Waals surface area (Å²) in [5, 5.41) is 10.7. The number of esters is 2. The number of non-ortho nitro benzene ring substituents is 1. The Morgan fingerprint density at radius 3 is 2.50 bits per heavy atom. The summed E-state index contributed by atoms with van der Waals surface area (Å²) in [5.74, 6) is -0.982. The van der Waals surface area contributed by atoms with Crippen molar-refractivity contribution in [1.82, 2.24) is 0 Å². The first-order valence-corrected chi connectivity index (χ1v) is 7.78. The second-order valence-corrected chi connectivity index (χ2v) is 6.44. The van der Waals surface area contributed by atoms with Gasteiger partial charge in [-0.1, -0.05) is 19.9 Å². The molecule has 0 N–H and O–H groups in total. The van der Waals surface area contributed by atoms with E-state index in [9.17, 15) is 19.7 Å². The van der Waals surface area contributed by atoms with E-state index < -0.39 is 22.3 Å². The van der Waals surface area contributed by atoms with Gasteiger partial charge in [0.15, 0.2) is 5.41 Å². The third-order valence-corrected chi connectivity index (χ3v) is 3.42. The highest BCUT2D eigenvalue weighted by Crippen LogP contribution is 2.25. The van der Waals surface area contributed by atoms with Gasteiger partial charge in [-0.25, -0.2) is 0 Å². The van der Waals surface area contributed by atoms with Gasteiger partial charge >= 0.3 is 11.9 Å². The van der Waals surface area contributed by atoms with Crippen molar-refractivity contribution in [3.63, 3.8) is 0 Å². The van der Waals surface area contributed by atoms with Crippen molar-refractivity contribution < 1.29 is 24.0 Å². The minimum Gasteiger partial charge on any atom is -0.465 e. The fourth-order valence-corrected chi connectivity index (χ4v) is 1.82. The first kappa shape index (κ1) is 19.6. The third kappa shape index (κ3) is 5.64. The molecule has 7 heteroatoms. The monoisotopic (exact) mass is 337 g/mol. The summed E-state index contributed by atoms with van der Waals surface area (Å²) in [6.45, 7) is 7.18. The van der Waals surface area contributed by atoms with Crippen LogP contribution in [0.5, 0.6) is 5.75 Å². The van der Waals surface area contributed by atoms with E-state index in [1.54, 1.807) is 0 Å². The molecule has 1 rings (SSSR count). The molecule has 0 bridgehead atoms. The molecule has 0 radical (unpaired) electrons. The van der Waals surface area contributed by atoms with Crippen LogP contribution in [0.1, 0.15) is 40.5 Å². The van der Waals surface area contributed by atoms with Crippen LogP contribution in [0, 0.1) is 21.4 Å². The molecule has 0 aromatic heterocycles.